The van der Waals surface area contributed by atoms with Crippen LogP contribution in [0.5, 0.6) is 0 Å². The summed E-state index contributed by atoms with van der Waals surface area (Å²) in [5.41, 5.74) is 2.74. The molecule has 0 aliphatic carbocycles. The lowest BCUT2D eigenvalue weighted by molar-refractivity contribution is -0.129. The number of amides is 1. The Morgan fingerprint density at radius 2 is 1.56 bits per heavy atom. The Bertz CT molecular complexity index is 701. The fourth-order valence-electron chi connectivity index (χ4n) is 3.15. The minimum absolute atomic E-state index is 0.0229. The predicted octanol–water partition coefficient (Wildman–Crippen LogP) is 4.35. The molecular formula is C21H36N2O3S. The second kappa shape index (κ2) is 10.1. The molecule has 154 valence electrons. The third-order valence-electron chi connectivity index (χ3n) is 4.79. The van der Waals surface area contributed by atoms with E-state index in [1.54, 1.807) is 11.9 Å². The van der Waals surface area contributed by atoms with Crippen LogP contribution in [0.1, 0.15) is 76.8 Å². The molecule has 0 saturated carbocycles. The number of rotatable bonds is 10. The molecule has 0 radical (unpaired) electrons. The smallest absolute Gasteiger partial charge is 0.232 e. The molecule has 5 nitrogen and oxygen atoms in total. The van der Waals surface area contributed by atoms with Crippen molar-refractivity contribution >= 4 is 21.6 Å². The molecule has 0 bridgehead atoms. The van der Waals surface area contributed by atoms with Crippen LogP contribution in [0.3, 0.4) is 0 Å². The van der Waals surface area contributed by atoms with Gasteiger partial charge in [-0.05, 0) is 29.4 Å². The molecule has 0 heterocycles. The highest BCUT2D eigenvalue weighted by atomic mass is 32.2. The Hall–Kier alpha value is -1.56. The van der Waals surface area contributed by atoms with Crippen molar-refractivity contribution in [1.82, 2.24) is 4.90 Å². The lowest BCUT2D eigenvalue weighted by Crippen LogP contribution is -2.37. The van der Waals surface area contributed by atoms with E-state index in [0.717, 1.165) is 29.7 Å². The van der Waals surface area contributed by atoms with Gasteiger partial charge in [-0.2, -0.15) is 0 Å². The summed E-state index contributed by atoms with van der Waals surface area (Å²) in [6, 6.07) is 5.96. The Balaban J connectivity index is 3.25. The van der Waals surface area contributed by atoms with Crippen molar-refractivity contribution < 1.29 is 13.2 Å². The first-order chi connectivity index (χ1) is 12.5. The molecule has 0 N–H and O–H groups in total. The van der Waals surface area contributed by atoms with Crippen molar-refractivity contribution in [3.05, 3.63) is 29.3 Å². The highest BCUT2D eigenvalue weighted by Gasteiger charge is 2.26. The molecule has 0 atom stereocenters. The van der Waals surface area contributed by atoms with Gasteiger partial charge in [-0.1, -0.05) is 59.2 Å². The number of para-hydroxylation sites is 1. The Labute approximate surface area is 165 Å². The normalized spacial score (nSPS) is 11.9. The van der Waals surface area contributed by atoms with Crippen LogP contribution in [-0.2, 0) is 14.8 Å². The van der Waals surface area contributed by atoms with Crippen molar-refractivity contribution in [2.24, 2.45) is 0 Å². The van der Waals surface area contributed by atoms with Crippen LogP contribution >= 0.6 is 0 Å². The molecule has 1 aromatic carbocycles. The zero-order chi connectivity index (χ0) is 20.8. The Morgan fingerprint density at radius 1 is 1.04 bits per heavy atom. The molecule has 0 spiro atoms. The predicted molar refractivity (Wildman–Crippen MR) is 114 cm³/mol. The van der Waals surface area contributed by atoms with Crippen LogP contribution in [0.4, 0.5) is 5.69 Å². The first-order valence-electron chi connectivity index (χ1n) is 9.85. The van der Waals surface area contributed by atoms with Crippen molar-refractivity contribution in [2.45, 2.75) is 65.7 Å². The quantitative estimate of drug-likeness (QED) is 0.591. The van der Waals surface area contributed by atoms with Crippen molar-refractivity contribution in [2.75, 3.05) is 30.7 Å². The van der Waals surface area contributed by atoms with Gasteiger partial charge in [-0.25, -0.2) is 8.42 Å². The summed E-state index contributed by atoms with van der Waals surface area (Å²) in [5, 5.41) is 0. The van der Waals surface area contributed by atoms with Crippen molar-refractivity contribution in [3.63, 3.8) is 0 Å². The summed E-state index contributed by atoms with van der Waals surface area (Å²) in [6.07, 6.45) is 3.37. The molecular weight excluding hydrogens is 360 g/mol. The zero-order valence-corrected chi connectivity index (χ0v) is 18.8. The number of nitrogens with zero attached hydrogens (tertiary/aromatic N) is 2. The number of unbranched alkanes of at least 4 members (excludes halogenated alkanes) is 1. The summed E-state index contributed by atoms with van der Waals surface area (Å²) >= 11 is 0. The van der Waals surface area contributed by atoms with E-state index < -0.39 is 10.0 Å². The molecule has 0 unspecified atom stereocenters. The van der Waals surface area contributed by atoms with E-state index in [1.807, 2.05) is 18.2 Å². The van der Waals surface area contributed by atoms with Crippen molar-refractivity contribution in [3.8, 4) is 0 Å². The van der Waals surface area contributed by atoms with Crippen LogP contribution in [-0.4, -0.2) is 45.6 Å². The molecule has 27 heavy (non-hydrogen) atoms. The lowest BCUT2D eigenvalue weighted by atomic mass is 9.92. The van der Waals surface area contributed by atoms with E-state index in [1.165, 1.54) is 10.6 Å². The number of benzene rings is 1. The van der Waals surface area contributed by atoms with Gasteiger partial charge in [-0.15, -0.1) is 0 Å². The average Bonchev–Trinajstić information content (AvgIpc) is 2.57. The summed E-state index contributed by atoms with van der Waals surface area (Å²) in [7, 11) is -1.72. The van der Waals surface area contributed by atoms with Gasteiger partial charge >= 0.3 is 0 Å². The van der Waals surface area contributed by atoms with E-state index in [9.17, 15) is 13.2 Å². The monoisotopic (exact) mass is 396 g/mol. The summed E-state index contributed by atoms with van der Waals surface area (Å²) in [4.78, 5) is 14.1. The maximum atomic E-state index is 12.6. The second-order valence-corrected chi connectivity index (χ2v) is 9.76. The summed E-state index contributed by atoms with van der Waals surface area (Å²) in [6.45, 7) is 11.2. The first-order valence-corrected chi connectivity index (χ1v) is 11.7. The van der Waals surface area contributed by atoms with Crippen LogP contribution in [0.2, 0.25) is 0 Å². The van der Waals surface area contributed by atoms with Crippen LogP contribution in [0.25, 0.3) is 0 Å². The SMILES string of the molecule is CCCCN(C)C(=O)CCN(c1c(C(C)C)cccc1C(C)C)S(C)(=O)=O. The molecule has 0 aliphatic rings. The Kier molecular flexibility index (Phi) is 8.79. The summed E-state index contributed by atoms with van der Waals surface area (Å²) in [5.74, 6) is 0.349. The van der Waals surface area contributed by atoms with E-state index in [0.29, 0.717) is 6.54 Å². The van der Waals surface area contributed by atoms with Crippen LogP contribution < -0.4 is 4.31 Å². The number of hydrogen-bond donors (Lipinski definition) is 0. The number of carbonyl (C=O) groups is 1. The molecule has 0 saturated heterocycles. The molecule has 0 aromatic heterocycles. The third-order valence-corrected chi connectivity index (χ3v) is 5.96. The van der Waals surface area contributed by atoms with E-state index >= 15 is 0 Å². The van der Waals surface area contributed by atoms with E-state index in [4.69, 9.17) is 0 Å². The Morgan fingerprint density at radius 3 is 1.96 bits per heavy atom. The fourth-order valence-corrected chi connectivity index (χ4v) is 4.12. The number of anilines is 1. The molecule has 0 aliphatic heterocycles. The van der Waals surface area contributed by atoms with Gasteiger partial charge in [0.25, 0.3) is 0 Å². The third kappa shape index (κ3) is 6.52. The van der Waals surface area contributed by atoms with Gasteiger partial charge in [0, 0.05) is 26.6 Å². The molecule has 0 fully saturated rings. The van der Waals surface area contributed by atoms with E-state index in [2.05, 4.69) is 34.6 Å². The van der Waals surface area contributed by atoms with Gasteiger partial charge in [-0.3, -0.25) is 9.10 Å². The maximum Gasteiger partial charge on any atom is 0.232 e. The van der Waals surface area contributed by atoms with Gasteiger partial charge in [0.2, 0.25) is 15.9 Å². The zero-order valence-electron chi connectivity index (χ0n) is 17.9. The molecule has 1 aromatic rings. The molecule has 1 amide bonds. The van der Waals surface area contributed by atoms with Gasteiger partial charge < -0.3 is 4.90 Å². The largest absolute Gasteiger partial charge is 0.346 e. The highest BCUT2D eigenvalue weighted by molar-refractivity contribution is 7.92. The highest BCUT2D eigenvalue weighted by Crippen LogP contribution is 2.36. The van der Waals surface area contributed by atoms with Gasteiger partial charge in [0.05, 0.1) is 11.9 Å². The summed E-state index contributed by atoms with van der Waals surface area (Å²) < 4.78 is 26.7. The topological polar surface area (TPSA) is 57.7 Å². The van der Waals surface area contributed by atoms with E-state index in [-0.39, 0.29) is 30.7 Å². The average molecular weight is 397 g/mol. The maximum absolute atomic E-state index is 12.6. The molecule has 6 heteroatoms. The standard InChI is InChI=1S/C21H36N2O3S/c1-8-9-14-22(6)20(24)13-15-23(27(7,25)26)21-18(16(2)3)11-10-12-19(21)17(4)5/h10-12,16-17H,8-9,13-15H2,1-7H3. The minimum atomic E-state index is -3.51. The van der Waals surface area contributed by atoms with Crippen molar-refractivity contribution in [1.29, 1.82) is 0 Å². The van der Waals surface area contributed by atoms with Crippen LogP contribution in [0.15, 0.2) is 18.2 Å². The lowest BCUT2D eigenvalue weighted by Gasteiger charge is -2.30. The van der Waals surface area contributed by atoms with Crippen LogP contribution in [0, 0.1) is 0 Å². The second-order valence-electron chi connectivity index (χ2n) is 7.85. The number of hydrogen-bond acceptors (Lipinski definition) is 3. The number of carbonyl (C=O) groups excluding carboxylic acids is 1. The van der Waals surface area contributed by atoms with Gasteiger partial charge in [0.15, 0.2) is 0 Å². The first kappa shape index (κ1) is 23.5. The minimum Gasteiger partial charge on any atom is -0.346 e. The molecule has 1 rings (SSSR count). The van der Waals surface area contributed by atoms with Gasteiger partial charge in [0.1, 0.15) is 0 Å². The number of sulfonamides is 1. The fraction of sp³-hybridized carbons (Fsp3) is 0.667.